The normalized spacial score (nSPS) is 21.9. The molecule has 0 amide bonds. The molecule has 2 nitrogen and oxygen atoms in total. The summed E-state index contributed by atoms with van der Waals surface area (Å²) in [6.45, 7) is 9.05. The van der Waals surface area contributed by atoms with Gasteiger partial charge in [-0.1, -0.05) is 37.6 Å². The predicted molar refractivity (Wildman–Crippen MR) is 87.0 cm³/mol. The highest BCUT2D eigenvalue weighted by Gasteiger charge is 2.39. The molecule has 1 aromatic rings. The van der Waals surface area contributed by atoms with Crippen LogP contribution in [0, 0.1) is 5.41 Å². The average Bonchev–Trinajstić information content (AvgIpc) is 2.86. The third-order valence-corrected chi connectivity index (χ3v) is 5.32. The molecule has 2 unspecified atom stereocenters. The van der Waals surface area contributed by atoms with Crippen LogP contribution in [0.3, 0.4) is 0 Å². The van der Waals surface area contributed by atoms with Crippen LogP contribution in [0.1, 0.15) is 51.6 Å². The summed E-state index contributed by atoms with van der Waals surface area (Å²) in [7, 11) is 0. The van der Waals surface area contributed by atoms with Crippen LogP contribution < -0.4 is 5.73 Å². The van der Waals surface area contributed by atoms with Gasteiger partial charge in [-0.05, 0) is 55.8 Å². The zero-order valence-corrected chi connectivity index (χ0v) is 13.7. The molecule has 2 atom stereocenters. The van der Waals surface area contributed by atoms with E-state index in [1.165, 1.54) is 24.8 Å². The lowest BCUT2D eigenvalue weighted by molar-refractivity contribution is 0.178. The van der Waals surface area contributed by atoms with Gasteiger partial charge in [0.15, 0.2) is 0 Å². The number of nitrogens with zero attached hydrogens (tertiary/aromatic N) is 1. The van der Waals surface area contributed by atoms with Crippen molar-refractivity contribution < 1.29 is 0 Å². The first-order chi connectivity index (χ1) is 9.51. The first-order valence-electron chi connectivity index (χ1n) is 7.76. The fraction of sp³-hybridized carbons (Fsp3) is 0.647. The number of likely N-dealkylation sites (tertiary alicyclic amines) is 1. The predicted octanol–water partition coefficient (Wildman–Crippen LogP) is 4.24. The summed E-state index contributed by atoms with van der Waals surface area (Å²) in [5, 5.41) is 0.787. The molecule has 2 N–H and O–H groups in total. The van der Waals surface area contributed by atoms with Crippen molar-refractivity contribution in [2.24, 2.45) is 11.1 Å². The molecular weight excluding hydrogens is 268 g/mol. The second kappa shape index (κ2) is 6.46. The molecule has 0 aromatic heterocycles. The molecule has 0 radical (unpaired) electrons. The summed E-state index contributed by atoms with van der Waals surface area (Å²) in [5.41, 5.74) is 8.05. The Bertz CT molecular complexity index is 423. The first-order valence-corrected chi connectivity index (χ1v) is 8.14. The number of hydrogen-bond acceptors (Lipinski definition) is 2. The van der Waals surface area contributed by atoms with Crippen LogP contribution in [0.5, 0.6) is 0 Å². The van der Waals surface area contributed by atoms with Gasteiger partial charge in [0.2, 0.25) is 0 Å². The van der Waals surface area contributed by atoms with Crippen LogP contribution in [-0.2, 0) is 0 Å². The summed E-state index contributed by atoms with van der Waals surface area (Å²) in [5.74, 6) is 0. The SMILES string of the molecule is CCC1(CC)CCN(C(c2ccc(Cl)cc2)C(C)N)C1. The van der Waals surface area contributed by atoms with Crippen LogP contribution in [-0.4, -0.2) is 24.0 Å². The van der Waals surface area contributed by atoms with E-state index < -0.39 is 0 Å². The smallest absolute Gasteiger partial charge is 0.0496 e. The summed E-state index contributed by atoms with van der Waals surface area (Å²) in [4.78, 5) is 2.57. The fourth-order valence-electron chi connectivity index (χ4n) is 3.54. The standard InChI is InChI=1S/C17H27ClN2/c1-4-17(5-2)10-11-20(12-17)16(13(3)19)14-6-8-15(18)9-7-14/h6-9,13,16H,4-5,10-12,19H2,1-3H3. The number of benzene rings is 1. The minimum atomic E-state index is 0.126. The highest BCUT2D eigenvalue weighted by Crippen LogP contribution is 2.41. The lowest BCUT2D eigenvalue weighted by atomic mass is 9.82. The van der Waals surface area contributed by atoms with Crippen LogP contribution in [0.25, 0.3) is 0 Å². The maximum absolute atomic E-state index is 6.28. The quantitative estimate of drug-likeness (QED) is 0.880. The fourth-order valence-corrected chi connectivity index (χ4v) is 3.67. The Morgan fingerprint density at radius 2 is 1.85 bits per heavy atom. The second-order valence-corrected chi connectivity index (χ2v) is 6.72. The monoisotopic (exact) mass is 294 g/mol. The zero-order valence-electron chi connectivity index (χ0n) is 12.9. The van der Waals surface area contributed by atoms with Gasteiger partial charge in [0.25, 0.3) is 0 Å². The van der Waals surface area contributed by atoms with Crippen molar-refractivity contribution in [3.63, 3.8) is 0 Å². The van der Waals surface area contributed by atoms with Gasteiger partial charge in [0.1, 0.15) is 0 Å². The molecule has 20 heavy (non-hydrogen) atoms. The third kappa shape index (κ3) is 3.19. The van der Waals surface area contributed by atoms with E-state index in [0.29, 0.717) is 11.5 Å². The lowest BCUT2D eigenvalue weighted by Gasteiger charge is -2.34. The summed E-state index contributed by atoms with van der Waals surface area (Å²) in [6, 6.07) is 8.60. The van der Waals surface area contributed by atoms with Crippen molar-refractivity contribution in [1.29, 1.82) is 0 Å². The van der Waals surface area contributed by atoms with E-state index in [9.17, 15) is 0 Å². The highest BCUT2D eigenvalue weighted by molar-refractivity contribution is 6.30. The van der Waals surface area contributed by atoms with Gasteiger partial charge < -0.3 is 5.73 Å². The van der Waals surface area contributed by atoms with Gasteiger partial charge in [0.05, 0.1) is 0 Å². The van der Waals surface area contributed by atoms with Gasteiger partial charge >= 0.3 is 0 Å². The van der Waals surface area contributed by atoms with E-state index in [2.05, 4.69) is 37.8 Å². The Hall–Kier alpha value is -0.570. The van der Waals surface area contributed by atoms with Crippen LogP contribution in [0.2, 0.25) is 5.02 Å². The molecule has 1 aromatic carbocycles. The molecule has 3 heteroatoms. The van der Waals surface area contributed by atoms with Crippen molar-refractivity contribution in [1.82, 2.24) is 4.90 Å². The van der Waals surface area contributed by atoms with Crippen LogP contribution in [0.4, 0.5) is 0 Å². The third-order valence-electron chi connectivity index (χ3n) is 5.07. The molecule has 1 fully saturated rings. The van der Waals surface area contributed by atoms with E-state index >= 15 is 0 Å². The molecule has 0 saturated carbocycles. The molecule has 1 saturated heterocycles. The molecular formula is C17H27ClN2. The summed E-state index contributed by atoms with van der Waals surface area (Å²) < 4.78 is 0. The van der Waals surface area contributed by atoms with E-state index in [1.54, 1.807) is 0 Å². The second-order valence-electron chi connectivity index (χ2n) is 6.28. The van der Waals surface area contributed by atoms with Crippen molar-refractivity contribution in [2.75, 3.05) is 13.1 Å². The largest absolute Gasteiger partial charge is 0.326 e. The highest BCUT2D eigenvalue weighted by atomic mass is 35.5. The van der Waals surface area contributed by atoms with Gasteiger partial charge in [-0.2, -0.15) is 0 Å². The molecule has 0 aliphatic carbocycles. The Morgan fingerprint density at radius 3 is 2.30 bits per heavy atom. The Morgan fingerprint density at radius 1 is 1.25 bits per heavy atom. The molecule has 0 spiro atoms. The number of nitrogens with two attached hydrogens (primary N) is 1. The molecule has 1 heterocycles. The minimum Gasteiger partial charge on any atom is -0.326 e. The number of halogens is 1. The Kier molecular flexibility index (Phi) is 5.11. The maximum atomic E-state index is 6.28. The van der Waals surface area contributed by atoms with Crippen molar-refractivity contribution in [2.45, 2.75) is 52.1 Å². The van der Waals surface area contributed by atoms with Crippen molar-refractivity contribution in [3.8, 4) is 0 Å². The Balaban J connectivity index is 2.20. The lowest BCUT2D eigenvalue weighted by Crippen LogP contribution is -2.39. The number of rotatable bonds is 5. The van der Waals surface area contributed by atoms with Crippen molar-refractivity contribution in [3.05, 3.63) is 34.9 Å². The van der Waals surface area contributed by atoms with Gasteiger partial charge in [0, 0.05) is 23.7 Å². The molecule has 112 valence electrons. The van der Waals surface area contributed by atoms with E-state index in [-0.39, 0.29) is 6.04 Å². The van der Waals surface area contributed by atoms with E-state index in [1.807, 2.05) is 12.1 Å². The zero-order chi connectivity index (χ0) is 14.8. The number of hydrogen-bond donors (Lipinski definition) is 1. The Labute approximate surface area is 128 Å². The van der Waals surface area contributed by atoms with Gasteiger partial charge in [-0.15, -0.1) is 0 Å². The summed E-state index contributed by atoms with van der Waals surface area (Å²) in [6.07, 6.45) is 3.80. The molecule has 2 rings (SSSR count). The molecule has 0 bridgehead atoms. The van der Waals surface area contributed by atoms with Gasteiger partial charge in [-0.3, -0.25) is 4.90 Å². The summed E-state index contributed by atoms with van der Waals surface area (Å²) >= 11 is 6.00. The van der Waals surface area contributed by atoms with E-state index in [0.717, 1.165) is 18.1 Å². The van der Waals surface area contributed by atoms with Crippen LogP contribution >= 0.6 is 11.6 Å². The minimum absolute atomic E-state index is 0.126. The molecule has 1 aliphatic rings. The van der Waals surface area contributed by atoms with E-state index in [4.69, 9.17) is 17.3 Å². The first kappa shape index (κ1) is 15.8. The topological polar surface area (TPSA) is 29.3 Å². The van der Waals surface area contributed by atoms with Crippen molar-refractivity contribution >= 4 is 11.6 Å². The average molecular weight is 295 g/mol. The van der Waals surface area contributed by atoms with Gasteiger partial charge in [-0.25, -0.2) is 0 Å². The maximum Gasteiger partial charge on any atom is 0.0496 e. The van der Waals surface area contributed by atoms with Crippen LogP contribution in [0.15, 0.2) is 24.3 Å². The molecule has 1 aliphatic heterocycles.